The molecular weight excluding hydrogens is 587 g/mol. The zero-order valence-electron chi connectivity index (χ0n) is 23.4. The summed E-state index contributed by atoms with van der Waals surface area (Å²) >= 11 is 0.986. The standard InChI is InChI=1S/C31H27FN6O5S/c32-25-8-4-1-5-20(25)17-37(27(39)18-38-30(41)23-6-2-3-7-24(23)31(38)42)28(26-19-44-35-34-26)29(40)33-21-9-11-22(12-10-21)36-13-15-43-16-14-36/h1-12,19,28H,13-18H2,(H,33,40)/t28-/m0/s1. The Morgan fingerprint density at radius 3 is 2.25 bits per heavy atom. The molecule has 0 bridgehead atoms. The molecule has 44 heavy (non-hydrogen) atoms. The fourth-order valence-corrected chi connectivity index (χ4v) is 5.73. The lowest BCUT2D eigenvalue weighted by Crippen LogP contribution is -2.47. The predicted molar refractivity (Wildman–Crippen MR) is 160 cm³/mol. The number of halogens is 1. The lowest BCUT2D eigenvalue weighted by molar-refractivity contribution is -0.140. The van der Waals surface area contributed by atoms with Gasteiger partial charge in [0, 0.05) is 42.0 Å². The van der Waals surface area contributed by atoms with E-state index in [1.807, 2.05) is 12.1 Å². The van der Waals surface area contributed by atoms with E-state index in [9.17, 15) is 23.6 Å². The third-order valence-electron chi connectivity index (χ3n) is 7.52. The van der Waals surface area contributed by atoms with Crippen molar-refractivity contribution in [2.75, 3.05) is 43.1 Å². The number of hydrogen-bond donors (Lipinski definition) is 1. The Bertz CT molecular complexity index is 1660. The number of imide groups is 1. The quantitative estimate of drug-likeness (QED) is 0.284. The Balaban J connectivity index is 1.29. The SMILES string of the molecule is O=C(Nc1ccc(N2CCOCC2)cc1)[C@H](c1csnn1)N(Cc1ccccc1F)C(=O)CN1C(=O)c2ccccc2C1=O. The van der Waals surface area contributed by atoms with E-state index in [0.29, 0.717) is 18.9 Å². The number of nitrogens with one attached hydrogen (secondary N) is 1. The molecule has 0 radical (unpaired) electrons. The molecular formula is C31H27FN6O5S. The number of rotatable bonds is 9. The highest BCUT2D eigenvalue weighted by molar-refractivity contribution is 7.03. The highest BCUT2D eigenvalue weighted by Crippen LogP contribution is 2.28. The maximum Gasteiger partial charge on any atom is 0.262 e. The van der Waals surface area contributed by atoms with E-state index in [0.717, 1.165) is 40.1 Å². The summed E-state index contributed by atoms with van der Waals surface area (Å²) in [5.41, 5.74) is 2.11. The van der Waals surface area contributed by atoms with Crippen molar-refractivity contribution in [1.29, 1.82) is 0 Å². The fraction of sp³-hybridized carbons (Fsp3) is 0.226. The topological polar surface area (TPSA) is 125 Å². The number of hydrogen-bond acceptors (Lipinski definition) is 9. The maximum atomic E-state index is 14.9. The van der Waals surface area contributed by atoms with Gasteiger partial charge in [-0.15, -0.1) is 5.10 Å². The van der Waals surface area contributed by atoms with Crippen molar-refractivity contribution in [2.45, 2.75) is 12.6 Å². The van der Waals surface area contributed by atoms with Crippen LogP contribution in [0.1, 0.15) is 38.0 Å². The zero-order chi connectivity index (χ0) is 30.6. The van der Waals surface area contributed by atoms with Gasteiger partial charge in [-0.2, -0.15) is 0 Å². The lowest BCUT2D eigenvalue weighted by atomic mass is 10.1. The molecule has 4 aromatic rings. The van der Waals surface area contributed by atoms with E-state index in [4.69, 9.17) is 4.74 Å². The number of aromatic nitrogens is 2. The normalized spacial score (nSPS) is 15.2. The average Bonchev–Trinajstić information content (AvgIpc) is 3.66. The van der Waals surface area contributed by atoms with Crippen LogP contribution in [0, 0.1) is 5.82 Å². The third-order valence-corrected chi connectivity index (χ3v) is 8.04. The molecule has 1 fully saturated rings. The molecule has 6 rings (SSSR count). The molecule has 1 atom stereocenters. The molecule has 2 aliphatic rings. The number of nitrogens with zero attached hydrogens (tertiary/aromatic N) is 5. The van der Waals surface area contributed by atoms with Gasteiger partial charge in [-0.3, -0.25) is 24.1 Å². The van der Waals surface area contributed by atoms with Crippen LogP contribution >= 0.6 is 11.5 Å². The van der Waals surface area contributed by atoms with Crippen LogP contribution in [0.3, 0.4) is 0 Å². The van der Waals surface area contributed by atoms with Crippen LogP contribution in [0.15, 0.2) is 78.2 Å². The van der Waals surface area contributed by atoms with Crippen molar-refractivity contribution < 1.29 is 28.3 Å². The molecule has 2 aliphatic heterocycles. The summed E-state index contributed by atoms with van der Waals surface area (Å²) in [4.78, 5) is 58.2. The molecule has 0 aliphatic carbocycles. The largest absolute Gasteiger partial charge is 0.378 e. The number of amides is 4. The number of carbonyl (C=O) groups excluding carboxylic acids is 4. The average molecular weight is 615 g/mol. The summed E-state index contributed by atoms with van der Waals surface area (Å²) in [5.74, 6) is -3.20. The minimum Gasteiger partial charge on any atom is -0.378 e. The van der Waals surface area contributed by atoms with Crippen molar-refractivity contribution >= 4 is 46.5 Å². The van der Waals surface area contributed by atoms with E-state index in [1.165, 1.54) is 35.7 Å². The van der Waals surface area contributed by atoms with Crippen LogP contribution in [0.4, 0.5) is 15.8 Å². The van der Waals surface area contributed by atoms with Gasteiger partial charge in [-0.1, -0.05) is 34.8 Å². The number of fused-ring (bicyclic) bond motifs is 1. The Labute approximate surface area is 256 Å². The van der Waals surface area contributed by atoms with Gasteiger partial charge in [0.1, 0.15) is 18.1 Å². The monoisotopic (exact) mass is 614 g/mol. The van der Waals surface area contributed by atoms with Crippen molar-refractivity contribution in [3.8, 4) is 0 Å². The minimum atomic E-state index is -1.35. The van der Waals surface area contributed by atoms with Crippen molar-refractivity contribution in [3.63, 3.8) is 0 Å². The van der Waals surface area contributed by atoms with Gasteiger partial charge < -0.3 is 19.9 Å². The number of anilines is 2. The van der Waals surface area contributed by atoms with Crippen molar-refractivity contribution in [3.05, 3.63) is 106 Å². The van der Waals surface area contributed by atoms with E-state index in [2.05, 4.69) is 19.8 Å². The van der Waals surface area contributed by atoms with Crippen molar-refractivity contribution in [1.82, 2.24) is 19.4 Å². The Kier molecular flexibility index (Phi) is 8.39. The molecule has 1 saturated heterocycles. The van der Waals surface area contributed by atoms with E-state index in [-0.39, 0.29) is 28.9 Å². The first-order chi connectivity index (χ1) is 21.4. The molecule has 0 spiro atoms. The molecule has 11 nitrogen and oxygen atoms in total. The molecule has 3 heterocycles. The Morgan fingerprint density at radius 1 is 0.955 bits per heavy atom. The number of morpholine rings is 1. The highest BCUT2D eigenvalue weighted by Gasteiger charge is 2.40. The first kappa shape index (κ1) is 29.1. The van der Waals surface area contributed by atoms with Crippen LogP contribution in [0.5, 0.6) is 0 Å². The summed E-state index contributed by atoms with van der Waals surface area (Å²) in [6.07, 6.45) is 0. The molecule has 0 saturated carbocycles. The second kappa shape index (κ2) is 12.7. The molecule has 224 valence electrons. The number of ether oxygens (including phenoxy) is 1. The first-order valence-electron chi connectivity index (χ1n) is 13.9. The Morgan fingerprint density at radius 2 is 1.61 bits per heavy atom. The van der Waals surface area contributed by atoms with Gasteiger partial charge in [0.15, 0.2) is 6.04 Å². The first-order valence-corrected chi connectivity index (χ1v) is 14.7. The molecule has 1 aromatic heterocycles. The summed E-state index contributed by atoms with van der Waals surface area (Å²) in [7, 11) is 0. The molecule has 4 amide bonds. The summed E-state index contributed by atoms with van der Waals surface area (Å²) in [6.45, 7) is 1.79. The minimum absolute atomic E-state index is 0.138. The molecule has 13 heteroatoms. The van der Waals surface area contributed by atoms with Crippen LogP contribution in [-0.4, -0.2) is 75.9 Å². The second-order valence-corrected chi connectivity index (χ2v) is 10.8. The van der Waals surface area contributed by atoms with Gasteiger partial charge in [0.2, 0.25) is 5.91 Å². The second-order valence-electron chi connectivity index (χ2n) is 10.2. The zero-order valence-corrected chi connectivity index (χ0v) is 24.2. The smallest absolute Gasteiger partial charge is 0.262 e. The summed E-state index contributed by atoms with van der Waals surface area (Å²) in [6, 6.07) is 18.1. The molecule has 0 unspecified atom stereocenters. The van der Waals surface area contributed by atoms with Gasteiger partial charge in [-0.25, -0.2) is 4.39 Å². The van der Waals surface area contributed by atoms with Gasteiger partial charge in [0.05, 0.1) is 24.3 Å². The van der Waals surface area contributed by atoms with Gasteiger partial charge >= 0.3 is 0 Å². The van der Waals surface area contributed by atoms with Crippen LogP contribution in [0.2, 0.25) is 0 Å². The maximum absolute atomic E-state index is 14.9. The van der Waals surface area contributed by atoms with Gasteiger partial charge in [-0.05, 0) is 54.0 Å². The fourth-order valence-electron chi connectivity index (χ4n) is 5.26. The van der Waals surface area contributed by atoms with E-state index in [1.54, 1.807) is 30.3 Å². The summed E-state index contributed by atoms with van der Waals surface area (Å²) < 4.78 is 24.2. The van der Waals surface area contributed by atoms with E-state index >= 15 is 0 Å². The number of carbonyl (C=O) groups is 4. The van der Waals surface area contributed by atoms with Crippen LogP contribution < -0.4 is 10.2 Å². The number of benzene rings is 3. The predicted octanol–water partition coefficient (Wildman–Crippen LogP) is 3.52. The van der Waals surface area contributed by atoms with Crippen LogP contribution in [0.25, 0.3) is 0 Å². The van der Waals surface area contributed by atoms with E-state index < -0.39 is 42.0 Å². The lowest BCUT2D eigenvalue weighted by Gasteiger charge is -2.31. The van der Waals surface area contributed by atoms with Crippen molar-refractivity contribution in [2.24, 2.45) is 0 Å². The van der Waals surface area contributed by atoms with Gasteiger partial charge in [0.25, 0.3) is 17.7 Å². The Hall–Kier alpha value is -5.01. The molecule has 3 aromatic carbocycles. The third kappa shape index (κ3) is 5.92. The molecule has 1 N–H and O–H groups in total. The van der Waals surface area contributed by atoms with Crippen LogP contribution in [-0.2, 0) is 20.9 Å². The summed E-state index contributed by atoms with van der Waals surface area (Å²) in [5, 5.41) is 8.43. The highest BCUT2D eigenvalue weighted by atomic mass is 32.1.